The Hall–Kier alpha value is -3.56. The van der Waals surface area contributed by atoms with Gasteiger partial charge in [-0.15, -0.1) is 0 Å². The van der Waals surface area contributed by atoms with Crippen molar-refractivity contribution < 1.29 is 13.6 Å². The number of hydrogen-bond donors (Lipinski definition) is 2. The van der Waals surface area contributed by atoms with Gasteiger partial charge in [0, 0.05) is 34.9 Å². The van der Waals surface area contributed by atoms with E-state index in [9.17, 15) is 9.18 Å². The van der Waals surface area contributed by atoms with E-state index in [1.165, 1.54) is 12.1 Å². The topological polar surface area (TPSA) is 70.4 Å². The highest BCUT2D eigenvalue weighted by molar-refractivity contribution is 9.10. The van der Waals surface area contributed by atoms with Gasteiger partial charge in [0.05, 0.1) is 11.7 Å². The van der Waals surface area contributed by atoms with Crippen LogP contribution in [0.4, 0.5) is 10.1 Å². The van der Waals surface area contributed by atoms with Crippen molar-refractivity contribution in [2.24, 2.45) is 0 Å². The Kier molecular flexibility index (Phi) is 7.58. The number of hydrogen-bond acceptors (Lipinski definition) is 4. The van der Waals surface area contributed by atoms with Crippen molar-refractivity contribution in [3.63, 3.8) is 0 Å². The molecule has 9 heteroatoms. The van der Waals surface area contributed by atoms with Crippen LogP contribution >= 0.6 is 28.1 Å². The predicted octanol–water partition coefficient (Wildman–Crippen LogP) is 6.86. The highest BCUT2D eigenvalue weighted by atomic mass is 79.9. The zero-order chi connectivity index (χ0) is 26.8. The Bertz CT molecular complexity index is 1490. The van der Waals surface area contributed by atoms with Crippen molar-refractivity contribution in [2.75, 3.05) is 11.9 Å². The maximum atomic E-state index is 13.6. The largest absolute Gasteiger partial charge is 0.459 e. The molecule has 4 aromatic rings. The molecule has 0 radical (unpaired) electrons. The normalized spacial score (nSPS) is 16.9. The maximum Gasteiger partial charge on any atom is 0.226 e. The number of halogens is 2. The second-order valence-corrected chi connectivity index (χ2v) is 10.5. The fourth-order valence-electron chi connectivity index (χ4n) is 4.61. The summed E-state index contributed by atoms with van der Waals surface area (Å²) in [5, 5.41) is 6.91. The molecule has 1 aliphatic heterocycles. The van der Waals surface area contributed by atoms with Crippen molar-refractivity contribution in [3.05, 3.63) is 106 Å². The minimum Gasteiger partial charge on any atom is -0.459 e. The van der Waals surface area contributed by atoms with E-state index in [1.54, 1.807) is 12.3 Å². The van der Waals surface area contributed by atoms with E-state index in [2.05, 4.69) is 31.5 Å². The lowest BCUT2D eigenvalue weighted by atomic mass is 10.0. The molecule has 2 atom stereocenters. The number of furan rings is 1. The van der Waals surface area contributed by atoms with Crippen molar-refractivity contribution in [3.8, 4) is 11.3 Å². The molecule has 0 spiro atoms. The van der Waals surface area contributed by atoms with Gasteiger partial charge in [0.1, 0.15) is 23.4 Å². The number of anilines is 1. The first-order valence-corrected chi connectivity index (χ1v) is 13.4. The highest BCUT2D eigenvalue weighted by Gasteiger charge is 2.41. The third-order valence-electron chi connectivity index (χ3n) is 6.56. The molecular weight excluding hydrogens is 567 g/mol. The third-order valence-corrected chi connectivity index (χ3v) is 7.57. The summed E-state index contributed by atoms with van der Waals surface area (Å²) in [5.74, 6) is 0.821. The van der Waals surface area contributed by atoms with Crippen LogP contribution in [0.2, 0.25) is 0 Å². The van der Waals surface area contributed by atoms with Crippen LogP contribution < -0.4 is 10.6 Å². The molecule has 1 fully saturated rings. The molecule has 2 aromatic heterocycles. The van der Waals surface area contributed by atoms with Crippen LogP contribution in [-0.4, -0.2) is 27.4 Å². The smallest absolute Gasteiger partial charge is 0.226 e. The van der Waals surface area contributed by atoms with Gasteiger partial charge in [0.2, 0.25) is 5.91 Å². The first kappa shape index (κ1) is 26.1. The summed E-state index contributed by atoms with van der Waals surface area (Å²) >= 11 is 9.14. The number of pyridine rings is 1. The number of rotatable bonds is 7. The lowest BCUT2D eigenvalue weighted by Gasteiger charge is -2.26. The molecule has 2 aromatic carbocycles. The van der Waals surface area contributed by atoms with Gasteiger partial charge >= 0.3 is 0 Å². The van der Waals surface area contributed by atoms with E-state index in [0.717, 1.165) is 28.1 Å². The number of carbonyl (C=O) groups is 1. The molecular formula is C29H26BrFN4O2S. The molecule has 0 bridgehead atoms. The number of benzene rings is 2. The van der Waals surface area contributed by atoms with Crippen LogP contribution in [0, 0.1) is 19.7 Å². The molecule has 1 aliphatic rings. The van der Waals surface area contributed by atoms with Gasteiger partial charge in [-0.25, -0.2) is 4.39 Å². The lowest BCUT2D eigenvalue weighted by Crippen LogP contribution is -2.32. The summed E-state index contributed by atoms with van der Waals surface area (Å²) in [5.41, 5.74) is 4.43. The quantitative estimate of drug-likeness (QED) is 0.228. The summed E-state index contributed by atoms with van der Waals surface area (Å²) in [4.78, 5) is 19.4. The van der Waals surface area contributed by atoms with Gasteiger partial charge in [-0.1, -0.05) is 18.2 Å². The van der Waals surface area contributed by atoms with Crippen molar-refractivity contribution in [1.29, 1.82) is 0 Å². The lowest BCUT2D eigenvalue weighted by molar-refractivity contribution is -0.116. The monoisotopic (exact) mass is 592 g/mol. The fraction of sp³-hybridized carbons (Fsp3) is 0.207. The number of amides is 1. The zero-order valence-electron chi connectivity index (χ0n) is 20.9. The standard InChI is InChI=1S/C29H26BrFN4O2S/c1-17-6-7-18(2)23(15-17)33-26(36)12-14-35-28(27(34-29(35)38)22-5-3-4-13-32-22)25-11-10-24(37-25)20-9-8-19(31)16-21(20)30/h3-11,13,15-16,27-28H,12,14H2,1-2H3,(H,33,36)(H,34,38)/t27-,28-/m1/s1. The predicted molar refractivity (Wildman–Crippen MR) is 153 cm³/mol. The first-order chi connectivity index (χ1) is 18.3. The van der Waals surface area contributed by atoms with E-state index in [-0.39, 0.29) is 30.2 Å². The molecule has 0 saturated carbocycles. The van der Waals surface area contributed by atoms with Crippen molar-refractivity contribution in [1.82, 2.24) is 15.2 Å². The fourth-order valence-corrected chi connectivity index (χ4v) is 5.48. The molecule has 5 rings (SSSR count). The van der Waals surface area contributed by atoms with E-state index >= 15 is 0 Å². The van der Waals surface area contributed by atoms with Gasteiger partial charge in [-0.2, -0.15) is 0 Å². The van der Waals surface area contributed by atoms with Gasteiger partial charge < -0.3 is 20.0 Å². The summed E-state index contributed by atoms with van der Waals surface area (Å²) in [6, 6.07) is 19.3. The highest BCUT2D eigenvalue weighted by Crippen LogP contribution is 2.41. The molecule has 0 aliphatic carbocycles. The number of aromatic nitrogens is 1. The van der Waals surface area contributed by atoms with Crippen LogP contribution in [0.1, 0.15) is 41.1 Å². The Morgan fingerprint density at radius 1 is 1.16 bits per heavy atom. The number of aryl methyl sites for hydroxylation is 2. The molecule has 0 unspecified atom stereocenters. The average Bonchev–Trinajstić information content (AvgIpc) is 3.50. The zero-order valence-corrected chi connectivity index (χ0v) is 23.3. The van der Waals surface area contributed by atoms with Crippen LogP contribution in [0.25, 0.3) is 11.3 Å². The SMILES string of the molecule is Cc1ccc(C)c(NC(=O)CCN2C(=S)N[C@H](c3ccccn3)[C@H]2c2ccc(-c3ccc(F)cc3Br)o2)c1. The second-order valence-electron chi connectivity index (χ2n) is 9.26. The Morgan fingerprint density at radius 3 is 2.76 bits per heavy atom. The molecule has 38 heavy (non-hydrogen) atoms. The van der Waals surface area contributed by atoms with Crippen LogP contribution in [-0.2, 0) is 4.79 Å². The summed E-state index contributed by atoms with van der Waals surface area (Å²) < 4.78 is 20.6. The number of nitrogens with zero attached hydrogens (tertiary/aromatic N) is 2. The number of nitrogens with one attached hydrogen (secondary N) is 2. The Morgan fingerprint density at radius 2 is 2.00 bits per heavy atom. The van der Waals surface area contributed by atoms with E-state index < -0.39 is 0 Å². The Labute approximate surface area is 234 Å². The molecule has 3 heterocycles. The number of thiocarbonyl (C=S) groups is 1. The van der Waals surface area contributed by atoms with Crippen LogP contribution in [0.5, 0.6) is 0 Å². The molecule has 2 N–H and O–H groups in total. The van der Waals surface area contributed by atoms with Crippen molar-refractivity contribution in [2.45, 2.75) is 32.4 Å². The van der Waals surface area contributed by atoms with Gasteiger partial charge in [-0.3, -0.25) is 9.78 Å². The first-order valence-electron chi connectivity index (χ1n) is 12.2. The minimum atomic E-state index is -0.335. The average molecular weight is 594 g/mol. The maximum absolute atomic E-state index is 13.6. The summed E-state index contributed by atoms with van der Waals surface area (Å²) in [6.07, 6.45) is 1.97. The molecule has 1 saturated heterocycles. The van der Waals surface area contributed by atoms with E-state index in [1.807, 2.05) is 67.3 Å². The van der Waals surface area contributed by atoms with Gasteiger partial charge in [-0.05, 0) is 102 Å². The van der Waals surface area contributed by atoms with Crippen LogP contribution in [0.15, 0.2) is 81.8 Å². The summed E-state index contributed by atoms with van der Waals surface area (Å²) in [7, 11) is 0. The second kappa shape index (κ2) is 11.0. The molecule has 6 nitrogen and oxygen atoms in total. The molecule has 194 valence electrons. The van der Waals surface area contributed by atoms with E-state index in [0.29, 0.717) is 27.7 Å². The number of carbonyl (C=O) groups excluding carboxylic acids is 1. The third kappa shape index (κ3) is 5.49. The Balaban J connectivity index is 1.41. The van der Waals surface area contributed by atoms with Crippen molar-refractivity contribution >= 4 is 44.9 Å². The minimum absolute atomic E-state index is 0.100. The summed E-state index contributed by atoms with van der Waals surface area (Å²) in [6.45, 7) is 4.34. The molecule has 1 amide bonds. The van der Waals surface area contributed by atoms with E-state index in [4.69, 9.17) is 16.6 Å². The van der Waals surface area contributed by atoms with Gasteiger partial charge in [0.15, 0.2) is 5.11 Å². The van der Waals surface area contributed by atoms with Crippen LogP contribution in [0.3, 0.4) is 0 Å². The van der Waals surface area contributed by atoms with Gasteiger partial charge in [0.25, 0.3) is 0 Å².